The van der Waals surface area contributed by atoms with Crippen LogP contribution in [0.1, 0.15) is 337 Å². The minimum Gasteiger partial charge on any atom is -0.462 e. The van der Waals surface area contributed by atoms with Crippen LogP contribution in [-0.2, 0) is 65.4 Å². The average molecular weight is 1340 g/mol. The summed E-state index contributed by atoms with van der Waals surface area (Å²) >= 11 is 0. The monoisotopic (exact) mass is 1330 g/mol. The predicted molar refractivity (Wildman–Crippen MR) is 367 cm³/mol. The van der Waals surface area contributed by atoms with Crippen molar-refractivity contribution in [3.63, 3.8) is 0 Å². The van der Waals surface area contributed by atoms with Gasteiger partial charge in [-0.25, -0.2) is 9.13 Å². The standard InChI is InChI=1S/C72H136O17P2/c1-8-9-10-11-12-13-14-15-16-19-22-25-31-39-46-53-69(74)82-59-67(88-71(76)55-48-41-33-26-23-20-17-18-21-24-29-36-43-50-63(2)3)61-86-90(78,79)84-57-66(73)58-85-91(80,81)87-62-68(89-72(77)56-49-42-35-34-38-45-52-65(6)7)60-83-70(75)54-47-40-32-28-27-30-37-44-51-64(4)5/h13-16,63-68,73H,8-12,17-62H2,1-7H3,(H,78,79)(H,80,81)/b14-13-,16-15-/t66?,67-,68-/m1/s1. The summed E-state index contributed by atoms with van der Waals surface area (Å²) in [6.45, 7) is 11.7. The van der Waals surface area contributed by atoms with E-state index in [1.54, 1.807) is 0 Å². The first-order valence-electron chi connectivity index (χ1n) is 36.7. The van der Waals surface area contributed by atoms with Gasteiger partial charge < -0.3 is 33.8 Å². The van der Waals surface area contributed by atoms with Gasteiger partial charge in [-0.05, 0) is 69.1 Å². The molecule has 0 spiro atoms. The maximum Gasteiger partial charge on any atom is 0.472 e. The molecule has 0 radical (unpaired) electrons. The summed E-state index contributed by atoms with van der Waals surface area (Å²) in [5.41, 5.74) is 0. The summed E-state index contributed by atoms with van der Waals surface area (Å²) in [5, 5.41) is 10.6. The highest BCUT2D eigenvalue weighted by Crippen LogP contribution is 2.45. The topological polar surface area (TPSA) is 237 Å². The quantitative estimate of drug-likeness (QED) is 0.0169. The molecule has 0 aromatic heterocycles. The molecule has 0 amide bonds. The molecule has 536 valence electrons. The molecule has 3 N–H and O–H groups in total. The van der Waals surface area contributed by atoms with Gasteiger partial charge in [-0.3, -0.25) is 37.3 Å². The molecular weight excluding hydrogens is 1200 g/mol. The number of esters is 4. The van der Waals surface area contributed by atoms with E-state index in [0.717, 1.165) is 121 Å². The molecule has 0 bridgehead atoms. The number of phosphoric ester groups is 2. The molecule has 19 heteroatoms. The summed E-state index contributed by atoms with van der Waals surface area (Å²) in [6.07, 6.45) is 49.6. The maximum atomic E-state index is 13.0. The number of hydrogen-bond donors (Lipinski definition) is 3. The van der Waals surface area contributed by atoms with Crippen LogP contribution in [0.5, 0.6) is 0 Å². The van der Waals surface area contributed by atoms with Gasteiger partial charge in [0.1, 0.15) is 19.3 Å². The number of rotatable bonds is 68. The van der Waals surface area contributed by atoms with E-state index in [1.807, 2.05) is 0 Å². The Morgan fingerprint density at radius 2 is 0.593 bits per heavy atom. The number of carbonyl (C=O) groups is 4. The van der Waals surface area contributed by atoms with E-state index in [4.69, 9.17) is 37.0 Å². The Morgan fingerprint density at radius 1 is 0.341 bits per heavy atom. The van der Waals surface area contributed by atoms with Crippen LogP contribution < -0.4 is 0 Å². The number of aliphatic hydroxyl groups is 1. The van der Waals surface area contributed by atoms with Crippen molar-refractivity contribution in [1.29, 1.82) is 0 Å². The second kappa shape index (κ2) is 62.4. The highest BCUT2D eigenvalue weighted by molar-refractivity contribution is 7.47. The Labute approximate surface area is 554 Å². The molecule has 0 fully saturated rings. The molecule has 0 saturated carbocycles. The zero-order valence-corrected chi connectivity index (χ0v) is 60.6. The van der Waals surface area contributed by atoms with Gasteiger partial charge in [0.05, 0.1) is 26.4 Å². The van der Waals surface area contributed by atoms with E-state index in [1.165, 1.54) is 128 Å². The summed E-state index contributed by atoms with van der Waals surface area (Å²) < 4.78 is 68.3. The highest BCUT2D eigenvalue weighted by Gasteiger charge is 2.30. The summed E-state index contributed by atoms with van der Waals surface area (Å²) in [7, 11) is -9.91. The number of unbranched alkanes of at least 4 members (excludes halogenated alkanes) is 33. The van der Waals surface area contributed by atoms with Gasteiger partial charge in [0.15, 0.2) is 12.2 Å². The van der Waals surface area contributed by atoms with Crippen molar-refractivity contribution >= 4 is 39.5 Å². The summed E-state index contributed by atoms with van der Waals surface area (Å²) in [6, 6.07) is 0. The lowest BCUT2D eigenvalue weighted by molar-refractivity contribution is -0.161. The van der Waals surface area contributed by atoms with Crippen LogP contribution in [0.25, 0.3) is 0 Å². The molecule has 0 aliphatic rings. The molecule has 0 aromatic carbocycles. The zero-order chi connectivity index (χ0) is 67.3. The number of carbonyl (C=O) groups excluding carboxylic acids is 4. The number of allylic oxidation sites excluding steroid dienone is 4. The van der Waals surface area contributed by atoms with Crippen LogP contribution in [0.3, 0.4) is 0 Å². The van der Waals surface area contributed by atoms with E-state index in [0.29, 0.717) is 31.6 Å². The predicted octanol–water partition coefficient (Wildman–Crippen LogP) is 20.2. The highest BCUT2D eigenvalue weighted by atomic mass is 31.2. The summed E-state index contributed by atoms with van der Waals surface area (Å²) in [4.78, 5) is 72.5. The van der Waals surface area contributed by atoms with Gasteiger partial charge in [-0.15, -0.1) is 0 Å². The second-order valence-electron chi connectivity index (χ2n) is 26.7. The van der Waals surface area contributed by atoms with Crippen LogP contribution >= 0.6 is 15.6 Å². The van der Waals surface area contributed by atoms with Gasteiger partial charge in [0.2, 0.25) is 0 Å². The first-order valence-corrected chi connectivity index (χ1v) is 39.7. The minimum absolute atomic E-state index is 0.0990. The van der Waals surface area contributed by atoms with Crippen LogP contribution in [0, 0.1) is 17.8 Å². The van der Waals surface area contributed by atoms with E-state index in [2.05, 4.69) is 72.8 Å². The molecule has 0 heterocycles. The van der Waals surface area contributed by atoms with Crippen LogP contribution in [0.15, 0.2) is 24.3 Å². The number of ether oxygens (including phenoxy) is 4. The molecule has 0 saturated heterocycles. The van der Waals surface area contributed by atoms with Gasteiger partial charge >= 0.3 is 39.5 Å². The molecule has 0 aliphatic heterocycles. The van der Waals surface area contributed by atoms with E-state index >= 15 is 0 Å². The van der Waals surface area contributed by atoms with Crippen molar-refractivity contribution in [2.24, 2.45) is 17.8 Å². The van der Waals surface area contributed by atoms with Gasteiger partial charge in [0.25, 0.3) is 0 Å². The van der Waals surface area contributed by atoms with Crippen LogP contribution in [-0.4, -0.2) is 96.7 Å². The van der Waals surface area contributed by atoms with Crippen molar-refractivity contribution in [3.05, 3.63) is 24.3 Å². The lowest BCUT2D eigenvalue weighted by atomic mass is 10.0. The first-order chi connectivity index (χ1) is 43.7. The Hall–Kier alpha value is -2.46. The average Bonchev–Trinajstić information content (AvgIpc) is 3.50. The Kier molecular flexibility index (Phi) is 60.7. The van der Waals surface area contributed by atoms with Crippen LogP contribution in [0.4, 0.5) is 0 Å². The van der Waals surface area contributed by atoms with E-state index < -0.39 is 97.5 Å². The Morgan fingerprint density at radius 3 is 0.890 bits per heavy atom. The fraction of sp³-hybridized carbons (Fsp3) is 0.889. The molecule has 0 rings (SSSR count). The van der Waals surface area contributed by atoms with Gasteiger partial charge in [0, 0.05) is 25.7 Å². The van der Waals surface area contributed by atoms with Gasteiger partial charge in [-0.1, -0.05) is 285 Å². The SMILES string of the molecule is CCCCCC/C=C\C=C/CCCCCCCC(=O)OC[C@H](COP(=O)(O)OCC(O)COP(=O)(O)OC[C@@H](COC(=O)CCCCCCCCCCC(C)C)OC(=O)CCCCCCCCC(C)C)OC(=O)CCCCCCCCCCCCCCCC(C)C. The first kappa shape index (κ1) is 88.5. The zero-order valence-electron chi connectivity index (χ0n) is 58.8. The molecular formula is C72H136O17P2. The van der Waals surface area contributed by atoms with Crippen molar-refractivity contribution < 1.29 is 80.2 Å². The number of phosphoric acid groups is 2. The fourth-order valence-electron chi connectivity index (χ4n) is 10.4. The molecule has 17 nitrogen and oxygen atoms in total. The normalized spacial score (nSPS) is 14.3. The number of hydrogen-bond acceptors (Lipinski definition) is 15. The second-order valence-corrected chi connectivity index (χ2v) is 29.6. The molecule has 5 atom stereocenters. The van der Waals surface area contributed by atoms with Crippen molar-refractivity contribution in [2.45, 2.75) is 356 Å². The number of aliphatic hydroxyl groups excluding tert-OH is 1. The molecule has 0 aromatic rings. The third-order valence-corrected chi connectivity index (χ3v) is 17.9. The lowest BCUT2D eigenvalue weighted by Gasteiger charge is -2.21. The van der Waals surface area contributed by atoms with Crippen molar-refractivity contribution in [3.8, 4) is 0 Å². The van der Waals surface area contributed by atoms with E-state index in [-0.39, 0.29) is 25.7 Å². The Bertz CT molecular complexity index is 1880. The fourth-order valence-corrected chi connectivity index (χ4v) is 11.9. The van der Waals surface area contributed by atoms with Crippen LogP contribution in [0.2, 0.25) is 0 Å². The third kappa shape index (κ3) is 66.0. The summed E-state index contributed by atoms with van der Waals surface area (Å²) in [5.74, 6) is 0.0176. The molecule has 0 aliphatic carbocycles. The molecule has 91 heavy (non-hydrogen) atoms. The van der Waals surface area contributed by atoms with Crippen molar-refractivity contribution in [1.82, 2.24) is 0 Å². The maximum absolute atomic E-state index is 13.0. The lowest BCUT2D eigenvalue weighted by Crippen LogP contribution is -2.30. The van der Waals surface area contributed by atoms with E-state index in [9.17, 15) is 43.2 Å². The Balaban J connectivity index is 5.27. The third-order valence-electron chi connectivity index (χ3n) is 16.0. The van der Waals surface area contributed by atoms with Crippen molar-refractivity contribution in [2.75, 3.05) is 39.6 Å². The largest absolute Gasteiger partial charge is 0.472 e. The molecule has 3 unspecified atom stereocenters. The smallest absolute Gasteiger partial charge is 0.462 e. The minimum atomic E-state index is -4.96. The van der Waals surface area contributed by atoms with Gasteiger partial charge in [-0.2, -0.15) is 0 Å².